The highest BCUT2D eigenvalue weighted by atomic mass is 16.2. The van der Waals surface area contributed by atoms with Crippen LogP contribution in [0.1, 0.15) is 18.5 Å². The van der Waals surface area contributed by atoms with Gasteiger partial charge in [-0.15, -0.1) is 0 Å². The third-order valence-electron chi connectivity index (χ3n) is 3.93. The summed E-state index contributed by atoms with van der Waals surface area (Å²) in [6.45, 7) is 1.92. The van der Waals surface area contributed by atoms with Crippen molar-refractivity contribution in [2.75, 3.05) is 5.32 Å². The lowest BCUT2D eigenvalue weighted by atomic mass is 9.83. The third-order valence-corrected chi connectivity index (χ3v) is 3.93. The Kier molecular flexibility index (Phi) is 2.14. The molecule has 4 rings (SSSR count). The summed E-state index contributed by atoms with van der Waals surface area (Å²) in [5.41, 5.74) is 6.06. The molecule has 0 saturated carbocycles. The minimum Gasteiger partial charge on any atom is -0.333 e. The Morgan fingerprint density at radius 2 is 2.10 bits per heavy atom. The Balaban J connectivity index is 1.92. The molecule has 1 aromatic carbocycles. The van der Waals surface area contributed by atoms with E-state index in [2.05, 4.69) is 31.7 Å². The number of anilines is 1. The summed E-state index contributed by atoms with van der Waals surface area (Å²) in [6.07, 6.45) is 0. The topological polar surface area (TPSA) is 96.8 Å². The third kappa shape index (κ3) is 1.39. The lowest BCUT2D eigenvalue weighted by Crippen LogP contribution is -2.56. The van der Waals surface area contributed by atoms with Crippen LogP contribution in [0.3, 0.4) is 0 Å². The van der Waals surface area contributed by atoms with Gasteiger partial charge in [-0.25, -0.2) is 10.1 Å². The number of aromatic nitrogens is 4. The molecule has 2 aliphatic rings. The van der Waals surface area contributed by atoms with Crippen molar-refractivity contribution < 1.29 is 4.79 Å². The van der Waals surface area contributed by atoms with Crippen molar-refractivity contribution in [2.24, 2.45) is 5.92 Å². The van der Waals surface area contributed by atoms with Gasteiger partial charge in [-0.2, -0.15) is 0 Å². The summed E-state index contributed by atoms with van der Waals surface area (Å²) >= 11 is 0. The van der Waals surface area contributed by atoms with E-state index in [0.29, 0.717) is 5.95 Å². The smallest absolute Gasteiger partial charge is 0.245 e. The molecule has 0 spiro atoms. The Labute approximate surface area is 114 Å². The number of amides is 1. The predicted molar refractivity (Wildman–Crippen MR) is 69.2 cm³/mol. The summed E-state index contributed by atoms with van der Waals surface area (Å²) in [7, 11) is 0. The fourth-order valence-corrected chi connectivity index (χ4v) is 3.00. The van der Waals surface area contributed by atoms with Crippen molar-refractivity contribution in [3.05, 3.63) is 35.9 Å². The van der Waals surface area contributed by atoms with E-state index in [4.69, 9.17) is 0 Å². The van der Waals surface area contributed by atoms with Crippen LogP contribution in [-0.2, 0) is 4.79 Å². The molecular weight excluding hydrogens is 258 g/mol. The molecule has 3 unspecified atom stereocenters. The summed E-state index contributed by atoms with van der Waals surface area (Å²) in [6, 6.07) is 9.54. The fourth-order valence-electron chi connectivity index (χ4n) is 3.00. The van der Waals surface area contributed by atoms with Gasteiger partial charge in [0.1, 0.15) is 11.6 Å². The number of fused-ring (bicyclic) bond motifs is 2. The minimum absolute atomic E-state index is 0.0741. The number of nitrogens with one attached hydrogen (secondary N) is 3. The SMILES string of the molecule is CC12NNC(=O)C1C(c1ccccc1)n1nnnc1N2. The van der Waals surface area contributed by atoms with Gasteiger partial charge in [0.25, 0.3) is 0 Å². The van der Waals surface area contributed by atoms with E-state index in [-0.39, 0.29) is 17.9 Å². The van der Waals surface area contributed by atoms with Gasteiger partial charge in [0.05, 0.1) is 6.04 Å². The number of hydrazine groups is 1. The van der Waals surface area contributed by atoms with Crippen molar-refractivity contribution in [1.29, 1.82) is 0 Å². The number of hydrogen-bond donors (Lipinski definition) is 3. The molecule has 0 radical (unpaired) electrons. The first-order valence-corrected chi connectivity index (χ1v) is 6.37. The first kappa shape index (κ1) is 11.4. The van der Waals surface area contributed by atoms with Crippen LogP contribution in [0.25, 0.3) is 0 Å². The molecule has 1 saturated heterocycles. The summed E-state index contributed by atoms with van der Waals surface area (Å²) in [5, 5.41) is 14.9. The second kappa shape index (κ2) is 3.76. The molecule has 0 aliphatic carbocycles. The highest BCUT2D eigenvalue weighted by Crippen LogP contribution is 2.41. The van der Waals surface area contributed by atoms with Crippen molar-refractivity contribution in [1.82, 2.24) is 31.1 Å². The number of hydrogen-bond acceptors (Lipinski definition) is 6. The summed E-state index contributed by atoms with van der Waals surface area (Å²) < 4.78 is 1.66. The van der Waals surface area contributed by atoms with Crippen LogP contribution < -0.4 is 16.2 Å². The number of tetrazole rings is 1. The zero-order valence-corrected chi connectivity index (χ0v) is 10.7. The first-order chi connectivity index (χ1) is 9.69. The molecule has 0 bridgehead atoms. The average Bonchev–Trinajstić information content (AvgIpc) is 3.02. The second-order valence-electron chi connectivity index (χ2n) is 5.22. The number of rotatable bonds is 1. The van der Waals surface area contributed by atoms with E-state index in [1.165, 1.54) is 0 Å². The lowest BCUT2D eigenvalue weighted by molar-refractivity contribution is -0.124. The quantitative estimate of drug-likeness (QED) is 0.656. The number of nitrogens with zero attached hydrogens (tertiary/aromatic N) is 4. The molecule has 8 heteroatoms. The van der Waals surface area contributed by atoms with Gasteiger partial charge in [0.2, 0.25) is 11.9 Å². The molecule has 1 amide bonds. The van der Waals surface area contributed by atoms with E-state index < -0.39 is 5.66 Å². The largest absolute Gasteiger partial charge is 0.333 e. The van der Waals surface area contributed by atoms with E-state index >= 15 is 0 Å². The monoisotopic (exact) mass is 271 g/mol. The zero-order valence-electron chi connectivity index (χ0n) is 10.7. The number of carbonyl (C=O) groups is 1. The Morgan fingerprint density at radius 1 is 1.30 bits per heavy atom. The molecule has 20 heavy (non-hydrogen) atoms. The minimum atomic E-state index is -0.623. The lowest BCUT2D eigenvalue weighted by Gasteiger charge is -2.39. The van der Waals surface area contributed by atoms with E-state index in [1.54, 1.807) is 4.68 Å². The van der Waals surface area contributed by atoms with Crippen molar-refractivity contribution in [3.63, 3.8) is 0 Å². The zero-order chi connectivity index (χ0) is 13.7. The maximum absolute atomic E-state index is 12.2. The Morgan fingerprint density at radius 3 is 2.90 bits per heavy atom. The fraction of sp³-hybridized carbons (Fsp3) is 0.333. The first-order valence-electron chi connectivity index (χ1n) is 6.37. The van der Waals surface area contributed by atoms with Gasteiger partial charge in [-0.05, 0) is 22.9 Å². The highest BCUT2D eigenvalue weighted by Gasteiger charge is 2.54. The predicted octanol–water partition coefficient (Wildman–Crippen LogP) is -0.345. The van der Waals surface area contributed by atoms with Crippen LogP contribution in [-0.4, -0.2) is 31.8 Å². The van der Waals surface area contributed by atoms with Crippen LogP contribution in [0.5, 0.6) is 0 Å². The van der Waals surface area contributed by atoms with Crippen molar-refractivity contribution in [3.8, 4) is 0 Å². The van der Waals surface area contributed by atoms with E-state index in [9.17, 15) is 4.79 Å². The van der Waals surface area contributed by atoms with Gasteiger partial charge in [-0.3, -0.25) is 10.2 Å². The molecule has 3 atom stereocenters. The Bertz CT molecular complexity index is 669. The van der Waals surface area contributed by atoms with E-state index in [0.717, 1.165) is 5.56 Å². The van der Waals surface area contributed by atoms with Crippen molar-refractivity contribution in [2.45, 2.75) is 18.6 Å². The molecule has 3 N–H and O–H groups in total. The van der Waals surface area contributed by atoms with E-state index in [1.807, 2.05) is 37.3 Å². The number of carbonyl (C=O) groups excluding carboxylic acids is 1. The number of benzene rings is 1. The second-order valence-corrected chi connectivity index (χ2v) is 5.22. The van der Waals surface area contributed by atoms with Crippen LogP contribution >= 0.6 is 0 Å². The molecule has 1 fully saturated rings. The van der Waals surface area contributed by atoms with Crippen LogP contribution in [0, 0.1) is 5.92 Å². The van der Waals surface area contributed by atoms with Crippen molar-refractivity contribution >= 4 is 11.9 Å². The molecule has 102 valence electrons. The molecule has 8 nitrogen and oxygen atoms in total. The van der Waals surface area contributed by atoms with Gasteiger partial charge >= 0.3 is 0 Å². The standard InChI is InChI=1S/C12H13N7O/c1-12-8(10(20)14-16-12)9(7-5-3-2-4-6-7)19-11(13-12)15-17-18-19/h2-6,8-9,16H,1H3,(H,14,20)(H,13,15,18). The highest BCUT2D eigenvalue weighted by molar-refractivity contribution is 5.84. The molecular formula is C12H13N7O. The maximum atomic E-state index is 12.2. The summed E-state index contributed by atoms with van der Waals surface area (Å²) in [4.78, 5) is 12.2. The summed E-state index contributed by atoms with van der Waals surface area (Å²) in [5.74, 6) is 0.123. The van der Waals surface area contributed by atoms with Gasteiger partial charge in [0.15, 0.2) is 0 Å². The van der Waals surface area contributed by atoms with Gasteiger partial charge in [-0.1, -0.05) is 35.4 Å². The maximum Gasteiger partial charge on any atom is 0.245 e. The molecule has 2 aromatic rings. The van der Waals surface area contributed by atoms with Crippen LogP contribution in [0.15, 0.2) is 30.3 Å². The normalized spacial score (nSPS) is 31.1. The molecule has 1 aromatic heterocycles. The van der Waals surface area contributed by atoms with Crippen LogP contribution in [0.2, 0.25) is 0 Å². The van der Waals surface area contributed by atoms with Crippen LogP contribution in [0.4, 0.5) is 5.95 Å². The average molecular weight is 271 g/mol. The molecule has 2 aliphatic heterocycles. The van der Waals surface area contributed by atoms with Gasteiger partial charge in [0, 0.05) is 0 Å². The van der Waals surface area contributed by atoms with Gasteiger partial charge < -0.3 is 5.32 Å². The molecule has 3 heterocycles. The Hall–Kier alpha value is -2.48.